The van der Waals surface area contributed by atoms with E-state index in [1.54, 1.807) is 7.11 Å². The van der Waals surface area contributed by atoms with Crippen LogP contribution in [0.15, 0.2) is 18.2 Å². The Morgan fingerprint density at radius 3 is 2.75 bits per heavy atom. The van der Waals surface area contributed by atoms with Crippen molar-refractivity contribution < 1.29 is 9.53 Å². The number of hydrogen-bond acceptors (Lipinski definition) is 3. The molecular formula is C13H19NO2. The van der Waals surface area contributed by atoms with Gasteiger partial charge in [0.1, 0.15) is 0 Å². The van der Waals surface area contributed by atoms with Gasteiger partial charge in [-0.15, -0.1) is 0 Å². The number of rotatable bonds is 5. The highest BCUT2D eigenvalue weighted by Gasteiger charge is 2.13. The van der Waals surface area contributed by atoms with Crippen LogP contribution in [0.5, 0.6) is 0 Å². The van der Waals surface area contributed by atoms with Crippen LogP contribution in [0.25, 0.3) is 0 Å². The summed E-state index contributed by atoms with van der Waals surface area (Å²) in [6, 6.07) is 6.13. The van der Waals surface area contributed by atoms with Gasteiger partial charge < -0.3 is 9.64 Å². The monoisotopic (exact) mass is 221 g/mol. The summed E-state index contributed by atoms with van der Waals surface area (Å²) >= 11 is 0. The minimum Gasteiger partial charge on any atom is -0.383 e. The van der Waals surface area contributed by atoms with Crippen LogP contribution in [-0.4, -0.2) is 33.1 Å². The minimum absolute atomic E-state index is 0.242. The Hall–Kier alpha value is -1.35. The maximum absolute atomic E-state index is 11.0. The zero-order chi connectivity index (χ0) is 12.1. The molecule has 0 aliphatic heterocycles. The van der Waals surface area contributed by atoms with E-state index in [2.05, 4.69) is 11.8 Å². The summed E-state index contributed by atoms with van der Waals surface area (Å²) in [5.41, 5.74) is 2.77. The number of ether oxygens (including phenoxy) is 1. The number of nitrogens with zero attached hydrogens (tertiary/aromatic N) is 1. The first-order valence-electron chi connectivity index (χ1n) is 5.37. The maximum Gasteiger partial charge on any atom is 0.152 e. The maximum atomic E-state index is 11.0. The number of likely N-dealkylation sites (N-methyl/N-ethyl adjacent to an activating group) is 1. The molecule has 0 saturated heterocycles. The second-order valence-corrected chi connectivity index (χ2v) is 4.10. The van der Waals surface area contributed by atoms with E-state index in [0.29, 0.717) is 6.61 Å². The molecule has 0 amide bonds. The number of carbonyl (C=O) groups is 1. The quantitative estimate of drug-likeness (QED) is 0.714. The predicted octanol–water partition coefficient (Wildman–Crippen LogP) is 2.28. The molecule has 0 heterocycles. The molecule has 1 aromatic carbocycles. The highest BCUT2D eigenvalue weighted by atomic mass is 16.5. The standard InChI is InChI=1S/C13H19NO2/c1-10-5-6-13(12(7-10)8-15)14(3)11(2)9-16-4/h5-8,11H,9H2,1-4H3. The van der Waals surface area contributed by atoms with E-state index in [1.807, 2.05) is 32.2 Å². The van der Waals surface area contributed by atoms with Gasteiger partial charge >= 0.3 is 0 Å². The average molecular weight is 221 g/mol. The molecule has 3 heteroatoms. The molecule has 0 N–H and O–H groups in total. The van der Waals surface area contributed by atoms with Crippen LogP contribution in [0, 0.1) is 6.92 Å². The van der Waals surface area contributed by atoms with E-state index in [4.69, 9.17) is 4.74 Å². The molecule has 16 heavy (non-hydrogen) atoms. The van der Waals surface area contributed by atoms with Crippen molar-refractivity contribution in [2.75, 3.05) is 25.7 Å². The average Bonchev–Trinajstić information content (AvgIpc) is 2.28. The van der Waals surface area contributed by atoms with Crippen molar-refractivity contribution in [1.29, 1.82) is 0 Å². The molecule has 1 rings (SSSR count). The molecule has 0 saturated carbocycles. The molecular weight excluding hydrogens is 202 g/mol. The number of hydrogen-bond donors (Lipinski definition) is 0. The van der Waals surface area contributed by atoms with Crippen molar-refractivity contribution >= 4 is 12.0 Å². The van der Waals surface area contributed by atoms with Crippen LogP contribution in [0.2, 0.25) is 0 Å². The highest BCUT2D eigenvalue weighted by Crippen LogP contribution is 2.21. The molecule has 0 aliphatic rings. The Morgan fingerprint density at radius 2 is 2.19 bits per heavy atom. The number of anilines is 1. The lowest BCUT2D eigenvalue weighted by Gasteiger charge is -2.27. The van der Waals surface area contributed by atoms with Gasteiger partial charge in [0, 0.05) is 31.5 Å². The SMILES string of the molecule is COCC(C)N(C)c1ccc(C)cc1C=O. The van der Waals surface area contributed by atoms with E-state index < -0.39 is 0 Å². The van der Waals surface area contributed by atoms with Gasteiger partial charge in [0.05, 0.1) is 6.61 Å². The number of methoxy groups -OCH3 is 1. The van der Waals surface area contributed by atoms with Gasteiger partial charge in [-0.25, -0.2) is 0 Å². The normalized spacial score (nSPS) is 12.2. The second-order valence-electron chi connectivity index (χ2n) is 4.10. The lowest BCUT2D eigenvalue weighted by atomic mass is 10.1. The van der Waals surface area contributed by atoms with E-state index in [1.165, 1.54) is 0 Å². The Balaban J connectivity index is 2.98. The first-order chi connectivity index (χ1) is 7.60. The fraction of sp³-hybridized carbons (Fsp3) is 0.462. The summed E-state index contributed by atoms with van der Waals surface area (Å²) in [5, 5.41) is 0. The fourth-order valence-corrected chi connectivity index (χ4v) is 1.68. The summed E-state index contributed by atoms with van der Waals surface area (Å²) < 4.78 is 5.11. The van der Waals surface area contributed by atoms with Crippen LogP contribution < -0.4 is 4.90 Å². The topological polar surface area (TPSA) is 29.5 Å². The molecule has 0 aromatic heterocycles. The first kappa shape index (κ1) is 12.7. The molecule has 0 aliphatic carbocycles. The van der Waals surface area contributed by atoms with Gasteiger partial charge in [-0.2, -0.15) is 0 Å². The second kappa shape index (κ2) is 5.66. The fourth-order valence-electron chi connectivity index (χ4n) is 1.68. The number of aldehydes is 1. The van der Waals surface area contributed by atoms with Gasteiger partial charge in [0.25, 0.3) is 0 Å². The van der Waals surface area contributed by atoms with Crippen molar-refractivity contribution in [2.24, 2.45) is 0 Å². The van der Waals surface area contributed by atoms with Crippen LogP contribution in [-0.2, 0) is 4.74 Å². The zero-order valence-corrected chi connectivity index (χ0v) is 10.4. The van der Waals surface area contributed by atoms with Crippen LogP contribution in [0.4, 0.5) is 5.69 Å². The number of aryl methyl sites for hydroxylation is 1. The van der Waals surface area contributed by atoms with Crippen molar-refractivity contribution in [3.05, 3.63) is 29.3 Å². The Morgan fingerprint density at radius 1 is 1.50 bits per heavy atom. The molecule has 3 nitrogen and oxygen atoms in total. The van der Waals surface area contributed by atoms with Gasteiger partial charge in [-0.1, -0.05) is 11.6 Å². The number of benzene rings is 1. The Kier molecular flexibility index (Phi) is 4.50. The molecule has 1 aromatic rings. The van der Waals surface area contributed by atoms with E-state index in [0.717, 1.165) is 23.1 Å². The Bertz CT molecular complexity index is 363. The van der Waals surface area contributed by atoms with Gasteiger partial charge in [-0.05, 0) is 26.0 Å². The smallest absolute Gasteiger partial charge is 0.152 e. The summed E-state index contributed by atoms with van der Waals surface area (Å²) in [6.07, 6.45) is 0.901. The third kappa shape index (κ3) is 2.83. The first-order valence-corrected chi connectivity index (χ1v) is 5.37. The lowest BCUT2D eigenvalue weighted by Crippen LogP contribution is -2.33. The van der Waals surface area contributed by atoms with E-state index in [-0.39, 0.29) is 6.04 Å². The summed E-state index contributed by atoms with van der Waals surface area (Å²) in [6.45, 7) is 4.69. The summed E-state index contributed by atoms with van der Waals surface area (Å²) in [7, 11) is 3.65. The molecule has 88 valence electrons. The third-order valence-corrected chi connectivity index (χ3v) is 2.76. The van der Waals surface area contributed by atoms with Crippen LogP contribution in [0.3, 0.4) is 0 Å². The van der Waals surface area contributed by atoms with E-state index >= 15 is 0 Å². The van der Waals surface area contributed by atoms with Crippen molar-refractivity contribution in [1.82, 2.24) is 0 Å². The predicted molar refractivity (Wildman–Crippen MR) is 66.3 cm³/mol. The number of carbonyl (C=O) groups excluding carboxylic acids is 1. The van der Waals surface area contributed by atoms with Crippen LogP contribution in [0.1, 0.15) is 22.8 Å². The van der Waals surface area contributed by atoms with Crippen LogP contribution >= 0.6 is 0 Å². The van der Waals surface area contributed by atoms with Gasteiger partial charge in [0.2, 0.25) is 0 Å². The zero-order valence-electron chi connectivity index (χ0n) is 10.4. The largest absolute Gasteiger partial charge is 0.383 e. The molecule has 0 fully saturated rings. The van der Waals surface area contributed by atoms with Gasteiger partial charge in [-0.3, -0.25) is 4.79 Å². The summed E-state index contributed by atoms with van der Waals surface area (Å²) in [4.78, 5) is 13.1. The van der Waals surface area contributed by atoms with Crippen molar-refractivity contribution in [3.8, 4) is 0 Å². The van der Waals surface area contributed by atoms with E-state index in [9.17, 15) is 4.79 Å². The highest BCUT2D eigenvalue weighted by molar-refractivity contribution is 5.85. The van der Waals surface area contributed by atoms with Crippen molar-refractivity contribution in [2.45, 2.75) is 19.9 Å². The molecule has 0 bridgehead atoms. The Labute approximate surface area is 97.0 Å². The van der Waals surface area contributed by atoms with Crippen molar-refractivity contribution in [3.63, 3.8) is 0 Å². The summed E-state index contributed by atoms with van der Waals surface area (Å²) in [5.74, 6) is 0. The molecule has 0 spiro atoms. The minimum atomic E-state index is 0.242. The lowest BCUT2D eigenvalue weighted by molar-refractivity contribution is 0.112. The molecule has 1 unspecified atom stereocenters. The third-order valence-electron chi connectivity index (χ3n) is 2.76. The molecule has 1 atom stereocenters. The van der Waals surface area contributed by atoms with Gasteiger partial charge in [0.15, 0.2) is 6.29 Å². The molecule has 0 radical (unpaired) electrons.